The van der Waals surface area contributed by atoms with Gasteiger partial charge in [-0.1, -0.05) is 0 Å². The van der Waals surface area contributed by atoms with Crippen molar-refractivity contribution in [1.82, 2.24) is 4.98 Å². The Morgan fingerprint density at radius 1 is 1.29 bits per heavy atom. The first-order valence-electron chi connectivity index (χ1n) is 5.71. The second-order valence-electron chi connectivity index (χ2n) is 4.12. The first-order valence-corrected chi connectivity index (χ1v) is 5.71. The Bertz CT molecular complexity index is 704. The zero-order valence-corrected chi connectivity index (χ0v) is 10.8. The number of alkyl halides is 3. The highest BCUT2D eigenvalue weighted by atomic mass is 19.4. The van der Waals surface area contributed by atoms with Crippen LogP contribution in [0.25, 0.3) is 11.1 Å². The van der Waals surface area contributed by atoms with Crippen LogP contribution in [-0.2, 0) is 6.18 Å². The van der Waals surface area contributed by atoms with Crippen LogP contribution in [0.1, 0.15) is 11.1 Å². The molecular weight excluding hydrogens is 285 g/mol. The van der Waals surface area contributed by atoms with E-state index < -0.39 is 17.5 Å². The Kier molecular flexibility index (Phi) is 3.72. The molecule has 2 aromatic rings. The molecule has 108 valence electrons. The summed E-state index contributed by atoms with van der Waals surface area (Å²) < 4.78 is 43.5. The smallest absolute Gasteiger partial charge is 0.420 e. The first kappa shape index (κ1) is 14.7. The lowest BCUT2D eigenvalue weighted by Crippen LogP contribution is -2.06. The highest BCUT2D eigenvalue weighted by Crippen LogP contribution is 2.42. The van der Waals surface area contributed by atoms with Gasteiger partial charge < -0.3 is 9.84 Å². The number of halogens is 3. The normalized spacial score (nSPS) is 11.0. The molecule has 1 N–H and O–H groups in total. The SMILES string of the molecule is COc1ccc(-c2cc(C#N)cc(C(F)(F)F)c2O)cn1. The lowest BCUT2D eigenvalue weighted by molar-refractivity contribution is -0.138. The summed E-state index contributed by atoms with van der Waals surface area (Å²) in [5.41, 5.74) is -1.33. The van der Waals surface area contributed by atoms with Crippen molar-refractivity contribution in [3.63, 3.8) is 0 Å². The van der Waals surface area contributed by atoms with Gasteiger partial charge in [-0.15, -0.1) is 0 Å². The van der Waals surface area contributed by atoms with Gasteiger partial charge in [0.2, 0.25) is 5.88 Å². The zero-order valence-electron chi connectivity index (χ0n) is 10.8. The summed E-state index contributed by atoms with van der Waals surface area (Å²) in [6.45, 7) is 0. The van der Waals surface area contributed by atoms with E-state index in [2.05, 4.69) is 4.98 Å². The van der Waals surface area contributed by atoms with Crippen LogP contribution >= 0.6 is 0 Å². The molecule has 7 heteroatoms. The molecule has 0 unspecified atom stereocenters. The minimum atomic E-state index is -4.76. The second-order valence-corrected chi connectivity index (χ2v) is 4.12. The predicted octanol–water partition coefficient (Wildman–Crippen LogP) is 3.35. The minimum Gasteiger partial charge on any atom is -0.507 e. The number of hydrogen-bond donors (Lipinski definition) is 1. The number of nitriles is 1. The van der Waals surface area contributed by atoms with Gasteiger partial charge in [0.25, 0.3) is 0 Å². The maximum atomic E-state index is 12.9. The molecule has 0 aliphatic heterocycles. The van der Waals surface area contributed by atoms with Crippen LogP contribution in [0, 0.1) is 11.3 Å². The van der Waals surface area contributed by atoms with E-state index in [4.69, 9.17) is 10.00 Å². The van der Waals surface area contributed by atoms with Crippen molar-refractivity contribution in [2.24, 2.45) is 0 Å². The largest absolute Gasteiger partial charge is 0.507 e. The maximum absolute atomic E-state index is 12.9. The number of aromatic hydroxyl groups is 1. The maximum Gasteiger partial charge on any atom is 0.420 e. The van der Waals surface area contributed by atoms with E-state index in [1.165, 1.54) is 31.5 Å². The highest BCUT2D eigenvalue weighted by Gasteiger charge is 2.35. The van der Waals surface area contributed by atoms with Crippen LogP contribution < -0.4 is 4.74 Å². The molecule has 0 fully saturated rings. The van der Waals surface area contributed by atoms with Gasteiger partial charge in [-0.05, 0) is 18.2 Å². The molecule has 4 nitrogen and oxygen atoms in total. The minimum absolute atomic E-state index is 0.114. The molecule has 0 aliphatic rings. The Balaban J connectivity index is 2.65. The van der Waals surface area contributed by atoms with Crippen molar-refractivity contribution < 1.29 is 23.0 Å². The molecule has 0 bridgehead atoms. The third-order valence-corrected chi connectivity index (χ3v) is 2.80. The van der Waals surface area contributed by atoms with E-state index in [1.54, 1.807) is 6.07 Å². The van der Waals surface area contributed by atoms with Crippen LogP contribution in [0.3, 0.4) is 0 Å². The molecule has 2 rings (SSSR count). The third-order valence-electron chi connectivity index (χ3n) is 2.80. The summed E-state index contributed by atoms with van der Waals surface area (Å²) in [4.78, 5) is 3.86. The van der Waals surface area contributed by atoms with Crippen molar-refractivity contribution in [2.45, 2.75) is 6.18 Å². The number of phenolic OH excluding ortho intramolecular Hbond substituents is 1. The quantitative estimate of drug-likeness (QED) is 0.922. The van der Waals surface area contributed by atoms with E-state index in [0.717, 1.165) is 0 Å². The number of nitrogens with zero attached hydrogens (tertiary/aromatic N) is 2. The molecule has 0 atom stereocenters. The first-order chi connectivity index (χ1) is 9.86. The van der Waals surface area contributed by atoms with Crippen molar-refractivity contribution in [3.05, 3.63) is 41.6 Å². The van der Waals surface area contributed by atoms with Crippen LogP contribution in [0.15, 0.2) is 30.5 Å². The number of benzene rings is 1. The standard InChI is InChI=1S/C14H9F3N2O2/c1-21-12-3-2-9(7-19-12)10-4-8(6-18)5-11(13(10)20)14(15,16)17/h2-5,7,20H,1H3. The molecule has 0 spiro atoms. The second kappa shape index (κ2) is 5.32. The Morgan fingerprint density at radius 2 is 2.00 bits per heavy atom. The van der Waals surface area contributed by atoms with Crippen molar-refractivity contribution in [2.75, 3.05) is 7.11 Å². The fraction of sp³-hybridized carbons (Fsp3) is 0.143. The lowest BCUT2D eigenvalue weighted by atomic mass is 9.99. The van der Waals surface area contributed by atoms with E-state index in [1.807, 2.05) is 0 Å². The molecule has 0 saturated heterocycles. The lowest BCUT2D eigenvalue weighted by Gasteiger charge is -2.13. The van der Waals surface area contributed by atoms with Gasteiger partial charge in [0.15, 0.2) is 0 Å². The van der Waals surface area contributed by atoms with Gasteiger partial charge in [-0.3, -0.25) is 0 Å². The average Bonchev–Trinajstić information content (AvgIpc) is 2.46. The number of pyridine rings is 1. The number of methoxy groups -OCH3 is 1. The number of aromatic nitrogens is 1. The third kappa shape index (κ3) is 2.89. The molecule has 1 heterocycles. The van der Waals surface area contributed by atoms with Gasteiger partial charge in [-0.2, -0.15) is 18.4 Å². The molecule has 0 amide bonds. The molecule has 0 aliphatic carbocycles. The predicted molar refractivity (Wildman–Crippen MR) is 67.6 cm³/mol. The average molecular weight is 294 g/mol. The van der Waals surface area contributed by atoms with Crippen molar-refractivity contribution >= 4 is 0 Å². The summed E-state index contributed by atoms with van der Waals surface area (Å²) in [7, 11) is 1.40. The molecular formula is C14H9F3N2O2. The zero-order chi connectivity index (χ0) is 15.6. The van der Waals surface area contributed by atoms with E-state index in [0.29, 0.717) is 6.07 Å². The van der Waals surface area contributed by atoms with Crippen molar-refractivity contribution in [1.29, 1.82) is 5.26 Å². The van der Waals surface area contributed by atoms with Crippen LogP contribution in [0.5, 0.6) is 11.6 Å². The van der Waals surface area contributed by atoms with Gasteiger partial charge >= 0.3 is 6.18 Å². The topological polar surface area (TPSA) is 66.1 Å². The molecule has 0 saturated carbocycles. The summed E-state index contributed by atoms with van der Waals surface area (Å²) in [5.74, 6) is -0.654. The number of phenols is 1. The Hall–Kier alpha value is -2.75. The summed E-state index contributed by atoms with van der Waals surface area (Å²) in [6.07, 6.45) is -3.50. The van der Waals surface area contributed by atoms with Gasteiger partial charge in [0, 0.05) is 23.4 Å². The fourth-order valence-electron chi connectivity index (χ4n) is 1.80. The van der Waals surface area contributed by atoms with Crippen LogP contribution in [-0.4, -0.2) is 17.2 Å². The summed E-state index contributed by atoms with van der Waals surface area (Å²) >= 11 is 0. The van der Waals surface area contributed by atoms with Gasteiger partial charge in [0.05, 0.1) is 24.3 Å². The molecule has 1 aromatic heterocycles. The number of ether oxygens (including phenoxy) is 1. The summed E-state index contributed by atoms with van der Waals surface area (Å²) in [6, 6.07) is 6.32. The fourth-order valence-corrected chi connectivity index (χ4v) is 1.80. The highest BCUT2D eigenvalue weighted by molar-refractivity contribution is 5.73. The molecule has 21 heavy (non-hydrogen) atoms. The van der Waals surface area contributed by atoms with E-state index in [-0.39, 0.29) is 22.6 Å². The molecule has 1 aromatic carbocycles. The summed E-state index contributed by atoms with van der Waals surface area (Å²) in [5, 5.41) is 18.7. The Labute approximate surface area is 118 Å². The van der Waals surface area contributed by atoms with E-state index in [9.17, 15) is 18.3 Å². The van der Waals surface area contributed by atoms with Gasteiger partial charge in [0.1, 0.15) is 5.75 Å². The Morgan fingerprint density at radius 3 is 2.48 bits per heavy atom. The van der Waals surface area contributed by atoms with Gasteiger partial charge in [-0.25, -0.2) is 4.98 Å². The van der Waals surface area contributed by atoms with Crippen molar-refractivity contribution in [3.8, 4) is 28.8 Å². The molecule has 0 radical (unpaired) electrons. The van der Waals surface area contributed by atoms with E-state index >= 15 is 0 Å². The number of rotatable bonds is 2. The van der Waals surface area contributed by atoms with Crippen LogP contribution in [0.4, 0.5) is 13.2 Å². The monoisotopic (exact) mass is 294 g/mol. The number of hydrogen-bond acceptors (Lipinski definition) is 4. The van der Waals surface area contributed by atoms with Crippen LogP contribution in [0.2, 0.25) is 0 Å².